The number of rotatable bonds is 1. The maximum atomic E-state index is 5.65. The Morgan fingerprint density at radius 2 is 2.45 bits per heavy atom. The van der Waals surface area contributed by atoms with Crippen molar-refractivity contribution in [2.75, 3.05) is 0 Å². The Hall–Kier alpha value is -0.870. The fourth-order valence-corrected chi connectivity index (χ4v) is 1.68. The van der Waals surface area contributed by atoms with Gasteiger partial charge in [-0.05, 0) is 6.07 Å². The molecule has 0 aliphatic carbocycles. The number of hydrogen-bond donors (Lipinski definition) is 1. The molecule has 1 N–H and O–H groups in total. The Morgan fingerprint density at radius 3 is 3.00 bits per heavy atom. The number of halogens is 1. The molecule has 0 aromatic carbocycles. The quantitative estimate of drug-likeness (QED) is 0.740. The van der Waals surface area contributed by atoms with E-state index in [2.05, 4.69) is 15.2 Å². The lowest BCUT2D eigenvalue weighted by Crippen LogP contribution is -1.69. The van der Waals surface area contributed by atoms with Crippen LogP contribution in [0.25, 0.3) is 10.6 Å². The molecule has 2 heterocycles. The van der Waals surface area contributed by atoms with E-state index in [1.807, 2.05) is 6.07 Å². The molecule has 2 aromatic rings. The van der Waals surface area contributed by atoms with Crippen LogP contribution in [0.2, 0.25) is 4.47 Å². The average molecular weight is 186 g/mol. The smallest absolute Gasteiger partial charge is 0.184 e. The predicted octanol–water partition coefficient (Wildman–Crippen LogP) is 2.19. The van der Waals surface area contributed by atoms with Crippen molar-refractivity contribution in [3.8, 4) is 10.6 Å². The highest BCUT2D eigenvalue weighted by atomic mass is 35.5. The highest BCUT2D eigenvalue weighted by Gasteiger charge is 2.02. The molecule has 0 aliphatic rings. The molecular formula is C6H4ClN3S. The van der Waals surface area contributed by atoms with Crippen molar-refractivity contribution in [1.29, 1.82) is 0 Å². The Kier molecular flexibility index (Phi) is 1.63. The van der Waals surface area contributed by atoms with Crippen molar-refractivity contribution in [3.63, 3.8) is 0 Å². The first-order chi connectivity index (χ1) is 5.36. The lowest BCUT2D eigenvalue weighted by molar-refractivity contribution is 1.10. The maximum Gasteiger partial charge on any atom is 0.184 e. The van der Waals surface area contributed by atoms with Crippen molar-refractivity contribution >= 4 is 22.9 Å². The van der Waals surface area contributed by atoms with Gasteiger partial charge in [-0.15, -0.1) is 11.3 Å². The number of nitrogens with zero attached hydrogens (tertiary/aromatic N) is 2. The second-order valence-corrected chi connectivity index (χ2v) is 3.56. The third kappa shape index (κ3) is 1.27. The van der Waals surface area contributed by atoms with Crippen molar-refractivity contribution in [1.82, 2.24) is 15.2 Å². The van der Waals surface area contributed by atoms with E-state index in [1.54, 1.807) is 12.4 Å². The van der Waals surface area contributed by atoms with Gasteiger partial charge < -0.3 is 0 Å². The summed E-state index contributed by atoms with van der Waals surface area (Å²) in [7, 11) is 0. The summed E-state index contributed by atoms with van der Waals surface area (Å²) in [6.07, 6.45) is 3.42. The summed E-state index contributed by atoms with van der Waals surface area (Å²) in [4.78, 5) is 4.92. The van der Waals surface area contributed by atoms with Gasteiger partial charge in [-0.25, -0.2) is 4.98 Å². The summed E-state index contributed by atoms with van der Waals surface area (Å²) in [5.41, 5.74) is 0.953. The van der Waals surface area contributed by atoms with E-state index < -0.39 is 0 Å². The number of hydrogen-bond acceptors (Lipinski definition) is 3. The molecule has 2 aromatic heterocycles. The predicted molar refractivity (Wildman–Crippen MR) is 44.7 cm³/mol. The number of H-pyrrole nitrogens is 1. The van der Waals surface area contributed by atoms with Crippen LogP contribution >= 0.6 is 22.9 Å². The fourth-order valence-electron chi connectivity index (χ4n) is 0.770. The Bertz CT molecular complexity index is 340. The average Bonchev–Trinajstić information content (AvgIpc) is 2.55. The van der Waals surface area contributed by atoms with Crippen LogP contribution in [0.1, 0.15) is 0 Å². The van der Waals surface area contributed by atoms with Crippen LogP contribution in [0.15, 0.2) is 18.5 Å². The van der Waals surface area contributed by atoms with Gasteiger partial charge in [0, 0.05) is 12.4 Å². The van der Waals surface area contributed by atoms with E-state index in [-0.39, 0.29) is 0 Å². The SMILES string of the molecule is Clc1ncc(-c2ccn[nH]2)s1. The molecule has 0 bridgehead atoms. The molecule has 0 saturated heterocycles. The number of aromatic nitrogens is 3. The molecule has 0 radical (unpaired) electrons. The minimum Gasteiger partial charge on any atom is -0.277 e. The molecule has 0 spiro atoms. The van der Waals surface area contributed by atoms with E-state index in [0.717, 1.165) is 10.6 Å². The van der Waals surface area contributed by atoms with Gasteiger partial charge >= 0.3 is 0 Å². The van der Waals surface area contributed by atoms with E-state index in [1.165, 1.54) is 11.3 Å². The molecule has 0 atom stereocenters. The van der Waals surface area contributed by atoms with E-state index in [4.69, 9.17) is 11.6 Å². The third-order valence-corrected chi connectivity index (χ3v) is 2.39. The van der Waals surface area contributed by atoms with Gasteiger partial charge in [0.25, 0.3) is 0 Å². The first-order valence-corrected chi connectivity index (χ1v) is 4.17. The van der Waals surface area contributed by atoms with Crippen molar-refractivity contribution in [3.05, 3.63) is 22.9 Å². The molecule has 0 amide bonds. The van der Waals surface area contributed by atoms with Crippen LogP contribution in [0.3, 0.4) is 0 Å². The first-order valence-electron chi connectivity index (χ1n) is 2.97. The third-order valence-electron chi connectivity index (χ3n) is 1.24. The molecule has 56 valence electrons. The standard InChI is InChI=1S/C6H4ClN3S/c7-6-8-3-5(11-6)4-1-2-9-10-4/h1-3H,(H,9,10). The summed E-state index contributed by atoms with van der Waals surface area (Å²) in [5.74, 6) is 0. The van der Waals surface area contributed by atoms with Gasteiger partial charge in [-0.3, -0.25) is 5.10 Å². The lowest BCUT2D eigenvalue weighted by atomic mass is 10.4. The second-order valence-electron chi connectivity index (χ2n) is 1.95. The summed E-state index contributed by atoms with van der Waals surface area (Å²) in [5, 5.41) is 6.65. The van der Waals surface area contributed by atoms with Crippen molar-refractivity contribution in [2.45, 2.75) is 0 Å². The van der Waals surface area contributed by atoms with Gasteiger partial charge in [0.05, 0.1) is 10.6 Å². The molecule has 0 fully saturated rings. The van der Waals surface area contributed by atoms with Crippen LogP contribution in [0.4, 0.5) is 0 Å². The van der Waals surface area contributed by atoms with E-state index in [0.29, 0.717) is 4.47 Å². The summed E-state index contributed by atoms with van der Waals surface area (Å²) < 4.78 is 0.551. The van der Waals surface area contributed by atoms with Gasteiger partial charge in [0.15, 0.2) is 4.47 Å². The maximum absolute atomic E-state index is 5.65. The molecule has 0 aliphatic heterocycles. The minimum absolute atomic E-state index is 0.551. The summed E-state index contributed by atoms with van der Waals surface area (Å²) >= 11 is 7.08. The monoisotopic (exact) mass is 185 g/mol. The van der Waals surface area contributed by atoms with Crippen LogP contribution in [0, 0.1) is 0 Å². The van der Waals surface area contributed by atoms with Gasteiger partial charge in [0.1, 0.15) is 0 Å². The van der Waals surface area contributed by atoms with Crippen LogP contribution in [0.5, 0.6) is 0 Å². The van der Waals surface area contributed by atoms with Crippen LogP contribution < -0.4 is 0 Å². The molecule has 5 heteroatoms. The van der Waals surface area contributed by atoms with E-state index >= 15 is 0 Å². The van der Waals surface area contributed by atoms with Gasteiger partial charge in [-0.2, -0.15) is 5.10 Å². The number of nitrogens with one attached hydrogen (secondary N) is 1. The highest BCUT2D eigenvalue weighted by Crippen LogP contribution is 2.26. The lowest BCUT2D eigenvalue weighted by Gasteiger charge is -1.84. The molecule has 0 unspecified atom stereocenters. The number of thiazole rings is 1. The van der Waals surface area contributed by atoms with Crippen LogP contribution in [-0.2, 0) is 0 Å². The summed E-state index contributed by atoms with van der Waals surface area (Å²) in [6.45, 7) is 0. The van der Waals surface area contributed by atoms with Gasteiger partial charge in [-0.1, -0.05) is 11.6 Å². The fraction of sp³-hybridized carbons (Fsp3) is 0. The largest absolute Gasteiger partial charge is 0.277 e. The van der Waals surface area contributed by atoms with Crippen molar-refractivity contribution in [2.24, 2.45) is 0 Å². The topological polar surface area (TPSA) is 41.6 Å². The minimum atomic E-state index is 0.551. The Balaban J connectivity index is 2.45. The Morgan fingerprint density at radius 1 is 1.55 bits per heavy atom. The Labute approximate surface area is 72.0 Å². The zero-order chi connectivity index (χ0) is 7.68. The summed E-state index contributed by atoms with van der Waals surface area (Å²) in [6, 6.07) is 1.88. The molecular weight excluding hydrogens is 182 g/mol. The molecule has 3 nitrogen and oxygen atoms in total. The molecule has 0 saturated carbocycles. The zero-order valence-electron chi connectivity index (χ0n) is 5.41. The second kappa shape index (κ2) is 2.64. The van der Waals surface area contributed by atoms with Gasteiger partial charge in [0.2, 0.25) is 0 Å². The van der Waals surface area contributed by atoms with E-state index in [9.17, 15) is 0 Å². The van der Waals surface area contributed by atoms with Crippen LogP contribution in [-0.4, -0.2) is 15.2 Å². The molecule has 2 rings (SSSR count). The normalized spacial score (nSPS) is 10.3. The first kappa shape index (κ1) is 6.82. The molecule has 11 heavy (non-hydrogen) atoms. The highest BCUT2D eigenvalue weighted by molar-refractivity contribution is 7.18. The zero-order valence-corrected chi connectivity index (χ0v) is 6.99. The number of aromatic amines is 1. The van der Waals surface area contributed by atoms with Crippen molar-refractivity contribution < 1.29 is 0 Å².